The number of hydrogen-bond acceptors (Lipinski definition) is 3. The second-order valence-electron chi connectivity index (χ2n) is 3.81. The van der Waals surface area contributed by atoms with Gasteiger partial charge in [-0.15, -0.1) is 24.0 Å². The SMILES string of the molecule is CN=C(NCCSC)NCc1ccc(OC)c(Br)c1.I. The second kappa shape index (κ2) is 11.5. The van der Waals surface area contributed by atoms with E-state index in [0.717, 1.165) is 35.0 Å². The zero-order chi connectivity index (χ0) is 14.1. The number of nitrogens with one attached hydrogen (secondary N) is 2. The summed E-state index contributed by atoms with van der Waals surface area (Å²) in [5.74, 6) is 2.72. The molecule has 0 aromatic heterocycles. The highest BCUT2D eigenvalue weighted by molar-refractivity contribution is 14.0. The summed E-state index contributed by atoms with van der Waals surface area (Å²) >= 11 is 5.29. The molecule has 0 aliphatic heterocycles. The molecule has 0 spiro atoms. The van der Waals surface area contributed by atoms with E-state index in [9.17, 15) is 0 Å². The van der Waals surface area contributed by atoms with Crippen LogP contribution < -0.4 is 15.4 Å². The third-order valence-electron chi connectivity index (χ3n) is 2.50. The number of thioether (sulfide) groups is 1. The number of guanidine groups is 1. The van der Waals surface area contributed by atoms with Crippen molar-refractivity contribution in [3.05, 3.63) is 28.2 Å². The summed E-state index contributed by atoms with van der Waals surface area (Å²) in [4.78, 5) is 4.18. The standard InChI is InChI=1S/C13H20BrN3OS.HI/c1-15-13(16-6-7-19-3)17-9-10-4-5-12(18-2)11(14)8-10;/h4-5,8H,6-7,9H2,1-3H3,(H2,15,16,17);1H. The van der Waals surface area contributed by atoms with Crippen molar-refractivity contribution in [2.75, 3.05) is 32.7 Å². The zero-order valence-electron chi connectivity index (χ0n) is 11.9. The van der Waals surface area contributed by atoms with Crippen LogP contribution >= 0.6 is 51.7 Å². The van der Waals surface area contributed by atoms with Crippen LogP contribution in [0.25, 0.3) is 0 Å². The maximum atomic E-state index is 5.21. The van der Waals surface area contributed by atoms with Gasteiger partial charge in [-0.2, -0.15) is 11.8 Å². The Morgan fingerprint density at radius 2 is 2.15 bits per heavy atom. The van der Waals surface area contributed by atoms with Crippen LogP contribution in [0.2, 0.25) is 0 Å². The van der Waals surface area contributed by atoms with Gasteiger partial charge in [-0.25, -0.2) is 0 Å². The van der Waals surface area contributed by atoms with Gasteiger partial charge >= 0.3 is 0 Å². The largest absolute Gasteiger partial charge is 0.496 e. The normalized spacial score (nSPS) is 10.7. The number of benzene rings is 1. The van der Waals surface area contributed by atoms with Crippen molar-refractivity contribution in [1.82, 2.24) is 10.6 Å². The molecule has 0 saturated carbocycles. The van der Waals surface area contributed by atoms with E-state index in [1.54, 1.807) is 14.2 Å². The number of halogens is 2. The molecule has 0 aliphatic rings. The molecular formula is C13H21BrIN3OS. The molecule has 0 unspecified atom stereocenters. The van der Waals surface area contributed by atoms with E-state index < -0.39 is 0 Å². The van der Waals surface area contributed by atoms with Crippen molar-refractivity contribution in [2.45, 2.75) is 6.54 Å². The van der Waals surface area contributed by atoms with E-state index in [2.05, 4.69) is 37.8 Å². The lowest BCUT2D eigenvalue weighted by Crippen LogP contribution is -2.37. The van der Waals surface area contributed by atoms with Gasteiger partial charge in [0.05, 0.1) is 11.6 Å². The molecule has 0 bridgehead atoms. The van der Waals surface area contributed by atoms with Crippen molar-refractivity contribution >= 4 is 57.6 Å². The summed E-state index contributed by atoms with van der Waals surface area (Å²) in [5, 5.41) is 6.54. The Morgan fingerprint density at radius 3 is 2.70 bits per heavy atom. The first-order valence-electron chi connectivity index (χ1n) is 5.97. The number of hydrogen-bond donors (Lipinski definition) is 2. The van der Waals surface area contributed by atoms with Crippen LogP contribution in [0, 0.1) is 0 Å². The Balaban J connectivity index is 0.00000361. The highest BCUT2D eigenvalue weighted by atomic mass is 127. The molecule has 0 radical (unpaired) electrons. The molecule has 0 atom stereocenters. The monoisotopic (exact) mass is 473 g/mol. The maximum Gasteiger partial charge on any atom is 0.191 e. The van der Waals surface area contributed by atoms with Gasteiger partial charge < -0.3 is 15.4 Å². The van der Waals surface area contributed by atoms with Gasteiger partial charge in [0.2, 0.25) is 0 Å². The van der Waals surface area contributed by atoms with Crippen LogP contribution in [-0.2, 0) is 6.54 Å². The first-order chi connectivity index (χ1) is 9.21. The second-order valence-corrected chi connectivity index (χ2v) is 5.65. The Morgan fingerprint density at radius 1 is 1.40 bits per heavy atom. The lowest BCUT2D eigenvalue weighted by atomic mass is 10.2. The molecule has 0 amide bonds. The van der Waals surface area contributed by atoms with Crippen molar-refractivity contribution in [3.63, 3.8) is 0 Å². The lowest BCUT2D eigenvalue weighted by Gasteiger charge is -2.12. The number of rotatable bonds is 6. The molecule has 1 aromatic carbocycles. The molecule has 20 heavy (non-hydrogen) atoms. The van der Waals surface area contributed by atoms with Crippen LogP contribution in [0.5, 0.6) is 5.75 Å². The predicted molar refractivity (Wildman–Crippen MR) is 103 cm³/mol. The quantitative estimate of drug-likeness (QED) is 0.288. The molecule has 2 N–H and O–H groups in total. The van der Waals surface area contributed by atoms with Gasteiger partial charge in [-0.3, -0.25) is 4.99 Å². The molecule has 114 valence electrons. The van der Waals surface area contributed by atoms with Gasteiger partial charge in [0.15, 0.2) is 5.96 Å². The van der Waals surface area contributed by atoms with Crippen molar-refractivity contribution in [3.8, 4) is 5.75 Å². The summed E-state index contributed by atoms with van der Waals surface area (Å²) in [6.45, 7) is 1.63. The molecule has 7 heteroatoms. The fourth-order valence-corrected chi connectivity index (χ4v) is 2.39. The third-order valence-corrected chi connectivity index (χ3v) is 3.73. The molecule has 0 aliphatic carbocycles. The molecule has 0 fully saturated rings. The summed E-state index contributed by atoms with van der Waals surface area (Å²) in [7, 11) is 3.44. The van der Waals surface area contributed by atoms with Gasteiger partial charge in [-0.05, 0) is 39.9 Å². The molecule has 1 rings (SSSR count). The first kappa shape index (κ1) is 19.9. The number of aliphatic imine (C=N–C) groups is 1. The number of nitrogens with zero attached hydrogens (tertiary/aromatic N) is 1. The predicted octanol–water partition coefficient (Wildman–Crippen LogP) is 3.10. The highest BCUT2D eigenvalue weighted by Crippen LogP contribution is 2.25. The van der Waals surface area contributed by atoms with Crippen LogP contribution in [0.15, 0.2) is 27.7 Å². The van der Waals surface area contributed by atoms with Crippen LogP contribution in [0.1, 0.15) is 5.56 Å². The number of methoxy groups -OCH3 is 1. The maximum absolute atomic E-state index is 5.21. The van der Waals surface area contributed by atoms with Crippen LogP contribution in [0.3, 0.4) is 0 Å². The Kier molecular flexibility index (Phi) is 11.4. The van der Waals surface area contributed by atoms with E-state index >= 15 is 0 Å². The molecular weight excluding hydrogens is 453 g/mol. The summed E-state index contributed by atoms with van der Waals surface area (Å²) in [5.41, 5.74) is 1.17. The molecule has 0 heterocycles. The molecule has 1 aromatic rings. The van der Waals surface area contributed by atoms with Crippen molar-refractivity contribution in [1.29, 1.82) is 0 Å². The van der Waals surface area contributed by atoms with Gasteiger partial charge in [0.1, 0.15) is 5.75 Å². The van der Waals surface area contributed by atoms with Gasteiger partial charge in [-0.1, -0.05) is 6.07 Å². The summed E-state index contributed by atoms with van der Waals surface area (Å²) in [6, 6.07) is 6.03. The average molecular weight is 474 g/mol. The minimum atomic E-state index is 0. The zero-order valence-corrected chi connectivity index (χ0v) is 16.6. The van der Waals surface area contributed by atoms with E-state index in [0.29, 0.717) is 0 Å². The van der Waals surface area contributed by atoms with E-state index in [1.807, 2.05) is 30.0 Å². The Bertz CT molecular complexity index is 432. The van der Waals surface area contributed by atoms with Crippen LogP contribution in [0.4, 0.5) is 0 Å². The smallest absolute Gasteiger partial charge is 0.191 e. The molecule has 0 saturated heterocycles. The molecule has 4 nitrogen and oxygen atoms in total. The minimum Gasteiger partial charge on any atom is -0.496 e. The van der Waals surface area contributed by atoms with E-state index in [1.165, 1.54) is 5.56 Å². The minimum absolute atomic E-state index is 0. The van der Waals surface area contributed by atoms with Gasteiger partial charge in [0, 0.05) is 25.9 Å². The van der Waals surface area contributed by atoms with E-state index in [-0.39, 0.29) is 24.0 Å². The number of ether oxygens (including phenoxy) is 1. The van der Waals surface area contributed by atoms with Crippen molar-refractivity contribution in [2.24, 2.45) is 4.99 Å². The topological polar surface area (TPSA) is 45.7 Å². The van der Waals surface area contributed by atoms with E-state index in [4.69, 9.17) is 4.74 Å². The Hall–Kier alpha value is -0.150. The summed E-state index contributed by atoms with van der Waals surface area (Å²) < 4.78 is 6.16. The fraction of sp³-hybridized carbons (Fsp3) is 0.462. The fourth-order valence-electron chi connectivity index (χ4n) is 1.50. The van der Waals surface area contributed by atoms with Gasteiger partial charge in [0.25, 0.3) is 0 Å². The average Bonchev–Trinajstić information content (AvgIpc) is 2.43. The first-order valence-corrected chi connectivity index (χ1v) is 8.15. The highest BCUT2D eigenvalue weighted by Gasteiger charge is 2.02. The Labute approximate surface area is 150 Å². The summed E-state index contributed by atoms with van der Waals surface area (Å²) in [6.07, 6.45) is 2.09. The van der Waals surface area contributed by atoms with Crippen LogP contribution in [-0.4, -0.2) is 38.7 Å². The van der Waals surface area contributed by atoms with Crippen molar-refractivity contribution < 1.29 is 4.74 Å². The third kappa shape index (κ3) is 7.03. The lowest BCUT2D eigenvalue weighted by molar-refractivity contribution is 0.412.